The Morgan fingerprint density at radius 2 is 1.86 bits per heavy atom. The number of ether oxygens (including phenoxy) is 4. The molecule has 0 amide bonds. The van der Waals surface area contributed by atoms with Gasteiger partial charge in [-0.25, -0.2) is 0 Å². The number of carbonyl (C=O) groups excluding carboxylic acids is 3. The summed E-state index contributed by atoms with van der Waals surface area (Å²) in [6.45, 7) is 18.5. The van der Waals surface area contributed by atoms with E-state index in [4.69, 9.17) is 18.9 Å². The second kappa shape index (κ2) is 11.1. The van der Waals surface area contributed by atoms with Gasteiger partial charge >= 0.3 is 17.9 Å². The van der Waals surface area contributed by atoms with Crippen molar-refractivity contribution in [3.63, 3.8) is 0 Å². The molecule has 0 radical (unpaired) electrons. The normalized spacial score (nSPS) is 37.3. The fourth-order valence-corrected chi connectivity index (χ4v) is 6.45. The lowest BCUT2D eigenvalue weighted by Gasteiger charge is -2.60. The van der Waals surface area contributed by atoms with Gasteiger partial charge in [-0.3, -0.25) is 19.1 Å². The van der Waals surface area contributed by atoms with E-state index in [0.29, 0.717) is 31.3 Å². The molecule has 0 aromatic rings. The van der Waals surface area contributed by atoms with Crippen LogP contribution in [0, 0.1) is 28.6 Å². The third-order valence-corrected chi connectivity index (χ3v) is 8.95. The zero-order chi connectivity index (χ0) is 27.7. The van der Waals surface area contributed by atoms with Crippen LogP contribution in [0.25, 0.3) is 0 Å². The third-order valence-electron chi connectivity index (χ3n) is 8.95. The Bertz CT molecular complexity index is 969. The van der Waals surface area contributed by atoms with E-state index < -0.39 is 47.6 Å². The van der Waals surface area contributed by atoms with Crippen molar-refractivity contribution in [2.45, 2.75) is 98.4 Å². The maximum atomic E-state index is 12.8. The zero-order valence-electron chi connectivity index (χ0n) is 23.0. The van der Waals surface area contributed by atoms with Crippen molar-refractivity contribution >= 4 is 17.9 Å². The van der Waals surface area contributed by atoms with Crippen LogP contribution in [0.5, 0.6) is 0 Å². The van der Waals surface area contributed by atoms with E-state index >= 15 is 0 Å². The Morgan fingerprint density at radius 1 is 1.22 bits per heavy atom. The van der Waals surface area contributed by atoms with E-state index in [-0.39, 0.29) is 23.7 Å². The topological polar surface area (TPSA) is 108 Å². The van der Waals surface area contributed by atoms with Gasteiger partial charge in [-0.05, 0) is 55.4 Å². The zero-order valence-corrected chi connectivity index (χ0v) is 23.0. The summed E-state index contributed by atoms with van der Waals surface area (Å²) in [7, 11) is 0. The number of allylic oxidation sites excluding steroid dienone is 2. The minimum absolute atomic E-state index is 0.0757. The summed E-state index contributed by atoms with van der Waals surface area (Å²) in [6.07, 6.45) is 2.45. The molecule has 2 unspecified atom stereocenters. The average molecular weight is 519 g/mol. The highest BCUT2D eigenvalue weighted by atomic mass is 16.8. The molecule has 0 aromatic carbocycles. The Morgan fingerprint density at radius 3 is 2.43 bits per heavy atom. The van der Waals surface area contributed by atoms with Gasteiger partial charge in [0.25, 0.3) is 0 Å². The molecule has 8 nitrogen and oxygen atoms in total. The van der Waals surface area contributed by atoms with Crippen molar-refractivity contribution in [1.82, 2.24) is 0 Å². The number of hydrogen-bond donors (Lipinski definition) is 1. The van der Waals surface area contributed by atoms with Crippen LogP contribution in [0.3, 0.4) is 0 Å². The molecule has 37 heavy (non-hydrogen) atoms. The molecular formula is C29H42O8. The molecule has 206 valence electrons. The standard InChI is InChI=1S/C29H42O8/c1-9-16(3)11-12-28(8)18(5)13-24(32)29-22(26(34-19(6)30)37-27(29)35-20(7)31)14-21(15-23(28)29)36-25(33)17(4)10-2/h9,14,17-18,21,23-24,26-27,32H,1,3,10-13,15H2,2,4-8H3/t17?,18-,21-,23+,24+,26+,27-,28-,29?/m0/s1. The van der Waals surface area contributed by atoms with E-state index in [1.165, 1.54) is 13.8 Å². The van der Waals surface area contributed by atoms with Crippen LogP contribution in [-0.2, 0) is 33.3 Å². The molecule has 2 fully saturated rings. The first-order chi connectivity index (χ1) is 17.3. The van der Waals surface area contributed by atoms with E-state index in [9.17, 15) is 19.5 Å². The highest BCUT2D eigenvalue weighted by molar-refractivity contribution is 5.72. The molecule has 1 aliphatic heterocycles. The quantitative estimate of drug-likeness (QED) is 0.204. The van der Waals surface area contributed by atoms with Gasteiger partial charge in [0.1, 0.15) is 6.10 Å². The fraction of sp³-hybridized carbons (Fsp3) is 0.690. The second-order valence-electron chi connectivity index (χ2n) is 11.2. The van der Waals surface area contributed by atoms with Crippen LogP contribution < -0.4 is 0 Å². The summed E-state index contributed by atoms with van der Waals surface area (Å²) >= 11 is 0. The van der Waals surface area contributed by atoms with Gasteiger partial charge in [-0.15, -0.1) is 0 Å². The highest BCUT2D eigenvalue weighted by Gasteiger charge is 2.71. The van der Waals surface area contributed by atoms with Crippen molar-refractivity contribution < 1.29 is 38.4 Å². The van der Waals surface area contributed by atoms with Crippen LogP contribution in [0.4, 0.5) is 0 Å². The summed E-state index contributed by atoms with van der Waals surface area (Å²) in [5.74, 6) is -1.99. The van der Waals surface area contributed by atoms with Gasteiger partial charge in [-0.1, -0.05) is 52.5 Å². The Hall–Kier alpha value is -2.45. The van der Waals surface area contributed by atoms with Crippen LogP contribution >= 0.6 is 0 Å². The lowest BCUT2D eigenvalue weighted by molar-refractivity contribution is -0.254. The van der Waals surface area contributed by atoms with Gasteiger partial charge in [0.05, 0.1) is 17.4 Å². The molecule has 0 aromatic heterocycles. The van der Waals surface area contributed by atoms with Gasteiger partial charge in [0.15, 0.2) is 0 Å². The molecule has 2 aliphatic carbocycles. The van der Waals surface area contributed by atoms with Crippen molar-refractivity contribution in [2.24, 2.45) is 28.6 Å². The minimum Gasteiger partial charge on any atom is -0.458 e. The molecule has 8 heteroatoms. The smallest absolute Gasteiger partial charge is 0.309 e. The number of rotatable bonds is 9. The Balaban J connectivity index is 2.19. The van der Waals surface area contributed by atoms with Gasteiger partial charge in [0.2, 0.25) is 12.6 Å². The second-order valence-corrected chi connectivity index (χ2v) is 11.2. The summed E-state index contributed by atoms with van der Waals surface area (Å²) in [6, 6.07) is 0. The summed E-state index contributed by atoms with van der Waals surface area (Å²) in [4.78, 5) is 37.0. The molecule has 1 heterocycles. The molecule has 3 aliphatic rings. The number of esters is 3. The average Bonchev–Trinajstić information content (AvgIpc) is 3.12. The lowest BCUT2D eigenvalue weighted by Crippen LogP contribution is -2.63. The number of aliphatic hydroxyl groups is 1. The highest BCUT2D eigenvalue weighted by Crippen LogP contribution is 2.67. The van der Waals surface area contributed by atoms with Crippen LogP contribution in [0.1, 0.15) is 73.6 Å². The van der Waals surface area contributed by atoms with Crippen molar-refractivity contribution in [1.29, 1.82) is 0 Å². The monoisotopic (exact) mass is 518 g/mol. The molecule has 1 saturated carbocycles. The molecule has 1 spiro atoms. The first-order valence-corrected chi connectivity index (χ1v) is 13.2. The number of hydrogen-bond acceptors (Lipinski definition) is 8. The van der Waals surface area contributed by atoms with E-state index in [1.807, 2.05) is 13.8 Å². The van der Waals surface area contributed by atoms with E-state index in [2.05, 4.69) is 27.0 Å². The first kappa shape index (κ1) is 29.1. The number of aliphatic hydroxyl groups excluding tert-OH is 1. The van der Waals surface area contributed by atoms with Crippen LogP contribution in [0.15, 0.2) is 36.5 Å². The SMILES string of the molecule is C=CC(=C)CC[C@@]1(C)[C@@H](C)C[C@@H](O)C23C(=C[C@H](OC(=O)C(C)CC)C[C@@H]21)[C@H](OC(C)=O)O[C@@H]3OC(C)=O. The predicted octanol–water partition coefficient (Wildman–Crippen LogP) is 4.62. The molecule has 0 bridgehead atoms. The summed E-state index contributed by atoms with van der Waals surface area (Å²) in [5, 5.41) is 11.7. The maximum Gasteiger partial charge on any atom is 0.309 e. The van der Waals surface area contributed by atoms with Crippen molar-refractivity contribution in [3.8, 4) is 0 Å². The minimum atomic E-state index is -1.18. The number of carbonyl (C=O) groups is 3. The van der Waals surface area contributed by atoms with Crippen LogP contribution in [-0.4, -0.2) is 47.8 Å². The van der Waals surface area contributed by atoms with E-state index in [0.717, 1.165) is 12.0 Å². The molecule has 1 saturated heterocycles. The Labute approximate surface area is 220 Å². The molecule has 3 rings (SSSR count). The lowest BCUT2D eigenvalue weighted by atomic mass is 9.45. The maximum absolute atomic E-state index is 12.8. The third kappa shape index (κ3) is 5.28. The van der Waals surface area contributed by atoms with Gasteiger partial charge < -0.3 is 19.3 Å². The molecule has 9 atom stereocenters. The predicted molar refractivity (Wildman–Crippen MR) is 137 cm³/mol. The van der Waals surface area contributed by atoms with E-state index in [1.54, 1.807) is 12.2 Å². The summed E-state index contributed by atoms with van der Waals surface area (Å²) < 4.78 is 23.2. The van der Waals surface area contributed by atoms with Crippen molar-refractivity contribution in [2.75, 3.05) is 0 Å². The van der Waals surface area contributed by atoms with Gasteiger partial charge in [0, 0.05) is 19.4 Å². The largest absolute Gasteiger partial charge is 0.458 e. The first-order valence-electron chi connectivity index (χ1n) is 13.2. The van der Waals surface area contributed by atoms with Crippen LogP contribution in [0.2, 0.25) is 0 Å². The van der Waals surface area contributed by atoms with Gasteiger partial charge in [-0.2, -0.15) is 0 Å². The Kier molecular flexibility index (Phi) is 8.75. The van der Waals surface area contributed by atoms with Crippen molar-refractivity contribution in [3.05, 3.63) is 36.5 Å². The molecule has 1 N–H and O–H groups in total. The summed E-state index contributed by atoms with van der Waals surface area (Å²) in [5.41, 5.74) is -0.169. The molecular weight excluding hydrogens is 476 g/mol. The fourth-order valence-electron chi connectivity index (χ4n) is 6.45.